The molecule has 0 spiro atoms. The third-order valence-electron chi connectivity index (χ3n) is 5.83. The van der Waals surface area contributed by atoms with Crippen LogP contribution in [0.3, 0.4) is 0 Å². The maximum atomic E-state index is 13.1. The lowest BCUT2D eigenvalue weighted by Crippen LogP contribution is -2.36. The topological polar surface area (TPSA) is 85.3 Å². The minimum absolute atomic E-state index is 0.0716. The average molecular weight is 437 g/mol. The first-order chi connectivity index (χ1) is 15.5. The number of carbonyl (C=O) groups is 2. The van der Waals surface area contributed by atoms with Crippen molar-refractivity contribution >= 4 is 17.4 Å². The number of nitrogens with zero attached hydrogens (tertiary/aromatic N) is 1. The summed E-state index contributed by atoms with van der Waals surface area (Å²) in [5.41, 5.74) is 1.24. The highest BCUT2D eigenvalue weighted by Crippen LogP contribution is 2.40. The zero-order valence-corrected chi connectivity index (χ0v) is 18.2. The number of ether oxygens (including phenoxy) is 3. The summed E-state index contributed by atoms with van der Waals surface area (Å²) in [6.45, 7) is 3.38. The Labute approximate surface area is 187 Å². The molecule has 2 fully saturated rings. The Hall–Kier alpha value is -3.32. The fourth-order valence-corrected chi connectivity index (χ4v) is 4.24. The van der Waals surface area contributed by atoms with Crippen LogP contribution in [0.5, 0.6) is 11.5 Å². The van der Waals surface area contributed by atoms with Gasteiger partial charge >= 0.3 is 0 Å². The number of methoxy groups -OCH3 is 1. The van der Waals surface area contributed by atoms with E-state index in [1.807, 2.05) is 19.1 Å². The zero-order chi connectivity index (χ0) is 22.7. The minimum Gasteiger partial charge on any atom is -0.507 e. The summed E-state index contributed by atoms with van der Waals surface area (Å²) in [6.07, 6.45) is 1.63. The first-order valence-electron chi connectivity index (χ1n) is 10.8. The molecule has 7 heteroatoms. The molecule has 1 amide bonds. The summed E-state index contributed by atoms with van der Waals surface area (Å²) < 4.78 is 16.4. The van der Waals surface area contributed by atoms with Crippen molar-refractivity contribution in [3.05, 3.63) is 65.2 Å². The van der Waals surface area contributed by atoms with Gasteiger partial charge in [-0.25, -0.2) is 0 Å². The highest BCUT2D eigenvalue weighted by atomic mass is 16.5. The number of ketones is 1. The number of Topliss-reactive ketones (excluding diaryl/α,β-unsaturated/α-hetero) is 1. The first-order valence-corrected chi connectivity index (χ1v) is 10.8. The molecule has 0 aromatic heterocycles. The number of aliphatic hydroxyl groups excluding tert-OH is 1. The molecule has 168 valence electrons. The Morgan fingerprint density at radius 3 is 2.38 bits per heavy atom. The van der Waals surface area contributed by atoms with Crippen LogP contribution in [0.25, 0.3) is 5.76 Å². The van der Waals surface area contributed by atoms with Gasteiger partial charge in [-0.05, 0) is 61.7 Å². The minimum atomic E-state index is -0.711. The van der Waals surface area contributed by atoms with Crippen LogP contribution in [0.1, 0.15) is 36.9 Å². The summed E-state index contributed by atoms with van der Waals surface area (Å²) in [7, 11) is 1.55. The monoisotopic (exact) mass is 437 g/mol. The molecule has 2 unspecified atom stereocenters. The summed E-state index contributed by atoms with van der Waals surface area (Å²) in [5, 5.41) is 11.1. The number of carbonyl (C=O) groups excluding carboxylic acids is 2. The fourth-order valence-electron chi connectivity index (χ4n) is 4.24. The number of rotatable bonds is 7. The normalized spacial score (nSPS) is 22.4. The van der Waals surface area contributed by atoms with Crippen LogP contribution in [0.15, 0.2) is 54.1 Å². The molecule has 2 aromatic rings. The van der Waals surface area contributed by atoms with E-state index in [0.717, 1.165) is 18.4 Å². The van der Waals surface area contributed by atoms with Crippen LogP contribution in [0.4, 0.5) is 0 Å². The Kier molecular flexibility index (Phi) is 6.46. The molecule has 1 N–H and O–H groups in total. The number of hydrogen-bond acceptors (Lipinski definition) is 6. The molecule has 2 saturated heterocycles. The van der Waals surface area contributed by atoms with E-state index in [-0.39, 0.29) is 17.4 Å². The van der Waals surface area contributed by atoms with E-state index in [1.54, 1.807) is 43.5 Å². The van der Waals surface area contributed by atoms with E-state index < -0.39 is 17.7 Å². The number of aliphatic hydroxyl groups is 1. The number of benzene rings is 2. The van der Waals surface area contributed by atoms with Crippen LogP contribution >= 0.6 is 0 Å². The van der Waals surface area contributed by atoms with Gasteiger partial charge in [-0.2, -0.15) is 0 Å². The van der Waals surface area contributed by atoms with E-state index in [0.29, 0.717) is 36.8 Å². The summed E-state index contributed by atoms with van der Waals surface area (Å²) >= 11 is 0. The Bertz CT molecular complexity index is 1010. The Balaban J connectivity index is 1.77. The molecule has 4 rings (SSSR count). The van der Waals surface area contributed by atoms with E-state index in [4.69, 9.17) is 14.2 Å². The molecule has 0 saturated carbocycles. The van der Waals surface area contributed by atoms with Gasteiger partial charge in [-0.15, -0.1) is 0 Å². The molecule has 2 atom stereocenters. The molecule has 2 aliphatic rings. The van der Waals surface area contributed by atoms with Gasteiger partial charge in [0.2, 0.25) is 0 Å². The largest absolute Gasteiger partial charge is 0.507 e. The van der Waals surface area contributed by atoms with Gasteiger partial charge in [0.25, 0.3) is 11.7 Å². The van der Waals surface area contributed by atoms with Crippen molar-refractivity contribution in [3.8, 4) is 11.5 Å². The zero-order valence-electron chi connectivity index (χ0n) is 18.2. The average Bonchev–Trinajstić information content (AvgIpc) is 3.42. The molecular formula is C25H27NO6. The second kappa shape index (κ2) is 9.44. The Morgan fingerprint density at radius 2 is 1.78 bits per heavy atom. The van der Waals surface area contributed by atoms with Crippen molar-refractivity contribution in [1.82, 2.24) is 4.90 Å². The van der Waals surface area contributed by atoms with Crippen molar-refractivity contribution in [1.29, 1.82) is 0 Å². The van der Waals surface area contributed by atoms with Crippen LogP contribution in [-0.4, -0.2) is 54.7 Å². The lowest BCUT2D eigenvalue weighted by Gasteiger charge is -2.27. The summed E-state index contributed by atoms with van der Waals surface area (Å²) in [6, 6.07) is 13.3. The highest BCUT2D eigenvalue weighted by Gasteiger charge is 2.47. The molecule has 2 heterocycles. The molecule has 7 nitrogen and oxygen atoms in total. The van der Waals surface area contributed by atoms with Crippen LogP contribution in [0.2, 0.25) is 0 Å². The molecule has 32 heavy (non-hydrogen) atoms. The summed E-state index contributed by atoms with van der Waals surface area (Å²) in [5.74, 6) is -0.213. The fraction of sp³-hybridized carbons (Fsp3) is 0.360. The van der Waals surface area contributed by atoms with E-state index in [2.05, 4.69) is 0 Å². The standard InChI is InChI=1S/C25H27NO6/c1-3-31-19-12-6-16(7-13-19)22-21(23(27)17-8-10-18(30-2)11-9-17)24(28)25(29)26(22)15-20-5-4-14-32-20/h6-13,20,22,27H,3-5,14-15H2,1-2H3/b23-21-. The highest BCUT2D eigenvalue weighted by molar-refractivity contribution is 6.46. The molecule has 2 aliphatic heterocycles. The van der Waals surface area contributed by atoms with Gasteiger partial charge in [0.15, 0.2) is 0 Å². The number of hydrogen-bond donors (Lipinski definition) is 1. The smallest absolute Gasteiger partial charge is 0.295 e. The molecule has 0 aliphatic carbocycles. The second-order valence-electron chi connectivity index (χ2n) is 7.82. The molecule has 0 radical (unpaired) electrons. The van der Waals surface area contributed by atoms with Gasteiger partial charge in [-0.1, -0.05) is 12.1 Å². The van der Waals surface area contributed by atoms with E-state index >= 15 is 0 Å². The van der Waals surface area contributed by atoms with Crippen molar-refractivity contribution in [3.63, 3.8) is 0 Å². The lowest BCUT2D eigenvalue weighted by molar-refractivity contribution is -0.140. The van der Waals surface area contributed by atoms with Gasteiger partial charge in [0.05, 0.1) is 31.4 Å². The SMILES string of the molecule is CCOc1ccc(C2/C(=C(/O)c3ccc(OC)cc3)C(=O)C(=O)N2CC2CCCO2)cc1. The first kappa shape index (κ1) is 21.9. The lowest BCUT2D eigenvalue weighted by atomic mass is 9.95. The van der Waals surface area contributed by atoms with Crippen molar-refractivity contribution in [2.45, 2.75) is 31.9 Å². The van der Waals surface area contributed by atoms with Gasteiger partial charge in [0.1, 0.15) is 17.3 Å². The number of likely N-dealkylation sites (tertiary alicyclic amines) is 1. The van der Waals surface area contributed by atoms with Gasteiger partial charge < -0.3 is 24.2 Å². The van der Waals surface area contributed by atoms with E-state index in [1.165, 1.54) is 4.90 Å². The van der Waals surface area contributed by atoms with Crippen molar-refractivity contribution in [2.75, 3.05) is 26.9 Å². The van der Waals surface area contributed by atoms with Crippen molar-refractivity contribution < 1.29 is 28.9 Å². The predicted octanol–water partition coefficient (Wildman–Crippen LogP) is 3.69. The quantitative estimate of drug-likeness (QED) is 0.404. The maximum Gasteiger partial charge on any atom is 0.295 e. The number of amides is 1. The van der Waals surface area contributed by atoms with Gasteiger partial charge in [-0.3, -0.25) is 9.59 Å². The molecule has 0 bridgehead atoms. The van der Waals surface area contributed by atoms with Crippen LogP contribution in [-0.2, 0) is 14.3 Å². The van der Waals surface area contributed by atoms with Crippen molar-refractivity contribution in [2.24, 2.45) is 0 Å². The third kappa shape index (κ3) is 4.21. The Morgan fingerprint density at radius 1 is 1.09 bits per heavy atom. The predicted molar refractivity (Wildman–Crippen MR) is 119 cm³/mol. The van der Waals surface area contributed by atoms with Crippen LogP contribution < -0.4 is 9.47 Å². The molecule has 2 aromatic carbocycles. The van der Waals surface area contributed by atoms with Crippen LogP contribution in [0, 0.1) is 0 Å². The summed E-state index contributed by atoms with van der Waals surface area (Å²) in [4.78, 5) is 27.6. The molecular weight excluding hydrogens is 410 g/mol. The second-order valence-corrected chi connectivity index (χ2v) is 7.82. The van der Waals surface area contributed by atoms with Gasteiger partial charge in [0, 0.05) is 18.7 Å². The maximum absolute atomic E-state index is 13.1. The van der Waals surface area contributed by atoms with E-state index in [9.17, 15) is 14.7 Å². The third-order valence-corrected chi connectivity index (χ3v) is 5.83.